The highest BCUT2D eigenvalue weighted by Crippen LogP contribution is 2.50. The molecule has 0 saturated heterocycles. The standard InChI is InChI=1S/C38H42FN7O5S/c1-22-8-6-9-23(2)30(22)28-17-29(44-36(43-28)45-52(49,50)27-11-7-10-24(16-27)35(47)48)51-21-25(18-37(3)12-13-37)40-19-26-20-41-32-31(39)33(38(4)14-15-38)46(5)34(32)42-26/h6-11,16-17,20,25,40H,12-15,18-19,21H2,1-5H3,(H,47,48)(H,43,44,45)/t25-/m1/s1. The fourth-order valence-electron chi connectivity index (χ4n) is 6.85. The van der Waals surface area contributed by atoms with Gasteiger partial charge in [0.25, 0.3) is 10.0 Å². The Kier molecular flexibility index (Phi) is 9.02. The van der Waals surface area contributed by atoms with Crippen molar-refractivity contribution < 1.29 is 27.4 Å². The molecule has 0 bridgehead atoms. The van der Waals surface area contributed by atoms with Crippen LogP contribution in [0.3, 0.4) is 0 Å². The highest BCUT2D eigenvalue weighted by Gasteiger charge is 2.45. The monoisotopic (exact) mass is 727 g/mol. The van der Waals surface area contributed by atoms with Crippen LogP contribution in [0.2, 0.25) is 0 Å². The van der Waals surface area contributed by atoms with Gasteiger partial charge < -0.3 is 19.7 Å². The lowest BCUT2D eigenvalue weighted by Gasteiger charge is -2.22. The van der Waals surface area contributed by atoms with E-state index in [2.05, 4.69) is 38.8 Å². The summed E-state index contributed by atoms with van der Waals surface area (Å²) in [4.78, 5) is 29.5. The van der Waals surface area contributed by atoms with Crippen LogP contribution < -0.4 is 14.8 Å². The first-order chi connectivity index (χ1) is 24.6. The van der Waals surface area contributed by atoms with Gasteiger partial charge in [-0.05, 0) is 80.7 Å². The zero-order chi connectivity index (χ0) is 37.0. The molecular weight excluding hydrogens is 686 g/mol. The third kappa shape index (κ3) is 7.22. The van der Waals surface area contributed by atoms with Gasteiger partial charge in [0.2, 0.25) is 11.8 Å². The lowest BCUT2D eigenvalue weighted by atomic mass is 9.99. The smallest absolute Gasteiger partial charge is 0.335 e. The minimum Gasteiger partial charge on any atom is -0.478 e. The molecule has 5 aromatic rings. The number of carbonyl (C=O) groups is 1. The highest BCUT2D eigenvalue weighted by molar-refractivity contribution is 7.92. The topological polar surface area (TPSA) is 161 Å². The van der Waals surface area contributed by atoms with E-state index >= 15 is 4.39 Å². The summed E-state index contributed by atoms with van der Waals surface area (Å²) in [6, 6.07) is 12.4. The molecule has 0 spiro atoms. The van der Waals surface area contributed by atoms with E-state index in [9.17, 15) is 18.3 Å². The molecule has 52 heavy (non-hydrogen) atoms. The number of nitrogens with one attached hydrogen (secondary N) is 2. The molecule has 3 N–H and O–H groups in total. The normalized spacial score (nSPS) is 16.4. The van der Waals surface area contributed by atoms with Crippen LogP contribution in [0.4, 0.5) is 10.3 Å². The van der Waals surface area contributed by atoms with E-state index in [1.54, 1.807) is 12.3 Å². The second-order valence-corrected chi connectivity index (χ2v) is 16.5. The van der Waals surface area contributed by atoms with Gasteiger partial charge in [0.1, 0.15) is 12.1 Å². The van der Waals surface area contributed by atoms with Crippen molar-refractivity contribution >= 4 is 33.1 Å². The number of nitrogens with zero attached hydrogens (tertiary/aromatic N) is 5. The molecule has 2 aromatic carbocycles. The first-order valence-corrected chi connectivity index (χ1v) is 18.8. The fourth-order valence-corrected chi connectivity index (χ4v) is 7.84. The molecule has 14 heteroatoms. The number of aryl methyl sites for hydroxylation is 3. The van der Waals surface area contributed by atoms with Gasteiger partial charge in [-0.15, -0.1) is 0 Å². The third-order valence-electron chi connectivity index (χ3n) is 10.3. The maximum Gasteiger partial charge on any atom is 0.335 e. The van der Waals surface area contributed by atoms with Crippen molar-refractivity contribution in [2.45, 2.75) is 82.7 Å². The van der Waals surface area contributed by atoms with Crippen LogP contribution in [0.25, 0.3) is 22.4 Å². The van der Waals surface area contributed by atoms with Crippen LogP contribution in [0, 0.1) is 25.1 Å². The average molecular weight is 728 g/mol. The zero-order valence-corrected chi connectivity index (χ0v) is 30.6. The predicted molar refractivity (Wildman–Crippen MR) is 194 cm³/mol. The Morgan fingerprint density at radius 2 is 1.75 bits per heavy atom. The molecule has 1 atom stereocenters. The van der Waals surface area contributed by atoms with E-state index in [1.165, 1.54) is 18.2 Å². The Morgan fingerprint density at radius 3 is 2.42 bits per heavy atom. The van der Waals surface area contributed by atoms with Gasteiger partial charge in [0.05, 0.1) is 33.7 Å². The SMILES string of the molecule is Cc1cccc(C)c1-c1cc(OC[C@@H](CC2(C)CC2)NCc2cnc3c(F)c(C4(C)CC4)n(C)c3n2)nc(NS(=O)(=O)c2cccc(C(=O)O)c2)n1. The molecule has 0 unspecified atom stereocenters. The molecular formula is C38H42FN7O5S. The minimum atomic E-state index is -4.26. The second-order valence-electron chi connectivity index (χ2n) is 14.8. The number of sulfonamides is 1. The number of halogens is 1. The van der Waals surface area contributed by atoms with Crippen LogP contribution in [-0.4, -0.2) is 56.6 Å². The lowest BCUT2D eigenvalue weighted by molar-refractivity contribution is 0.0696. The molecule has 2 aliphatic rings. The summed E-state index contributed by atoms with van der Waals surface area (Å²) in [6.45, 7) is 8.78. The van der Waals surface area contributed by atoms with Crippen LogP contribution >= 0.6 is 0 Å². The molecule has 3 heterocycles. The maximum atomic E-state index is 15.3. The van der Waals surface area contributed by atoms with Crippen LogP contribution in [-0.2, 0) is 29.0 Å². The molecule has 0 aliphatic heterocycles. The molecule has 7 rings (SSSR count). The molecule has 3 aromatic heterocycles. The van der Waals surface area contributed by atoms with E-state index in [1.807, 2.05) is 43.7 Å². The molecule has 12 nitrogen and oxygen atoms in total. The first-order valence-electron chi connectivity index (χ1n) is 17.3. The highest BCUT2D eigenvalue weighted by atomic mass is 32.2. The van der Waals surface area contributed by atoms with Crippen molar-refractivity contribution in [3.8, 4) is 17.1 Å². The number of rotatable bonds is 14. The third-order valence-corrected chi connectivity index (χ3v) is 11.7. The molecule has 2 aliphatic carbocycles. The van der Waals surface area contributed by atoms with Crippen molar-refractivity contribution in [1.29, 1.82) is 0 Å². The average Bonchev–Trinajstić information content (AvgIpc) is 4.01. The Labute approximate surface area is 302 Å². The maximum absolute atomic E-state index is 15.3. The second kappa shape index (κ2) is 13.2. The zero-order valence-electron chi connectivity index (χ0n) is 29.8. The van der Waals surface area contributed by atoms with Gasteiger partial charge in [-0.3, -0.25) is 0 Å². The molecule has 0 amide bonds. The van der Waals surface area contributed by atoms with Gasteiger partial charge in [-0.2, -0.15) is 4.98 Å². The van der Waals surface area contributed by atoms with Gasteiger partial charge >= 0.3 is 5.97 Å². The number of benzene rings is 2. The Balaban J connectivity index is 1.15. The molecule has 2 fully saturated rings. The van der Waals surface area contributed by atoms with Crippen molar-refractivity contribution in [2.75, 3.05) is 11.3 Å². The van der Waals surface area contributed by atoms with Crippen molar-refractivity contribution in [1.82, 2.24) is 29.8 Å². The molecule has 272 valence electrons. The van der Waals surface area contributed by atoms with Crippen LogP contribution in [0.1, 0.15) is 78.8 Å². The lowest BCUT2D eigenvalue weighted by Crippen LogP contribution is -2.36. The minimum absolute atomic E-state index is 0.131. The number of carboxylic acid groups (broad SMARTS) is 1. The summed E-state index contributed by atoms with van der Waals surface area (Å²) >= 11 is 0. The van der Waals surface area contributed by atoms with E-state index in [0.717, 1.165) is 54.9 Å². The predicted octanol–water partition coefficient (Wildman–Crippen LogP) is 6.46. The van der Waals surface area contributed by atoms with Gasteiger partial charge in [-0.1, -0.05) is 38.1 Å². The summed E-state index contributed by atoms with van der Waals surface area (Å²) in [7, 11) is -2.42. The number of hydrogen-bond acceptors (Lipinski definition) is 9. The van der Waals surface area contributed by atoms with Crippen LogP contribution in [0.5, 0.6) is 5.88 Å². The number of anilines is 1. The van der Waals surface area contributed by atoms with E-state index in [-0.39, 0.29) is 57.1 Å². The largest absolute Gasteiger partial charge is 0.478 e. The van der Waals surface area contributed by atoms with Crippen LogP contribution in [0.15, 0.2) is 59.6 Å². The van der Waals surface area contributed by atoms with Crippen molar-refractivity contribution in [3.05, 3.63) is 88.6 Å². The summed E-state index contributed by atoms with van der Waals surface area (Å²) in [5.41, 5.74) is 5.10. The van der Waals surface area contributed by atoms with E-state index in [0.29, 0.717) is 29.3 Å². The van der Waals surface area contributed by atoms with Crippen molar-refractivity contribution in [2.24, 2.45) is 12.5 Å². The van der Waals surface area contributed by atoms with Crippen molar-refractivity contribution in [3.63, 3.8) is 0 Å². The van der Waals surface area contributed by atoms with Gasteiger partial charge in [-0.25, -0.2) is 37.3 Å². The first kappa shape index (κ1) is 35.5. The Bertz CT molecular complexity index is 2300. The summed E-state index contributed by atoms with van der Waals surface area (Å²) < 4.78 is 52.8. The summed E-state index contributed by atoms with van der Waals surface area (Å²) in [5, 5.41) is 13.0. The molecule has 0 radical (unpaired) electrons. The number of ether oxygens (including phenoxy) is 1. The van der Waals surface area contributed by atoms with E-state index in [4.69, 9.17) is 9.72 Å². The summed E-state index contributed by atoms with van der Waals surface area (Å²) in [5.74, 6) is -1.59. The Morgan fingerprint density at radius 1 is 1.04 bits per heavy atom. The quantitative estimate of drug-likeness (QED) is 0.116. The number of aromatic nitrogens is 5. The number of fused-ring (bicyclic) bond motifs is 1. The Hall–Kier alpha value is -4.95. The number of aromatic carboxylic acids is 1. The van der Waals surface area contributed by atoms with Gasteiger partial charge in [0, 0.05) is 36.7 Å². The fraction of sp³-hybridized carbons (Fsp3) is 0.395. The number of carboxylic acids is 1. The summed E-state index contributed by atoms with van der Waals surface area (Å²) in [6.07, 6.45) is 6.50. The number of hydrogen-bond donors (Lipinski definition) is 3. The molecule has 2 saturated carbocycles. The van der Waals surface area contributed by atoms with E-state index < -0.39 is 16.0 Å². The van der Waals surface area contributed by atoms with Gasteiger partial charge in [0.15, 0.2) is 11.5 Å².